The zero-order chi connectivity index (χ0) is 9.84. The van der Waals surface area contributed by atoms with Gasteiger partial charge in [0.15, 0.2) is 0 Å². The molecule has 1 aromatic rings. The van der Waals surface area contributed by atoms with E-state index in [4.69, 9.17) is 28.9 Å². The molecule has 0 spiro atoms. The van der Waals surface area contributed by atoms with Gasteiger partial charge in [0.1, 0.15) is 0 Å². The zero-order valence-electron chi connectivity index (χ0n) is 6.59. The van der Waals surface area contributed by atoms with Gasteiger partial charge in [0, 0.05) is 4.90 Å². The van der Waals surface area contributed by atoms with Crippen molar-refractivity contribution in [3.63, 3.8) is 0 Å². The third kappa shape index (κ3) is 3.46. The zero-order valence-corrected chi connectivity index (χ0v) is 8.92. The second kappa shape index (κ2) is 4.74. The minimum Gasteiger partial charge on any atom is -0.369 e. The number of nitrogens with two attached hydrogens (primary N) is 1. The molecule has 0 fully saturated rings. The fourth-order valence-corrected chi connectivity index (χ4v) is 1.76. The van der Waals surface area contributed by atoms with E-state index in [0.717, 1.165) is 4.90 Å². The molecule has 0 atom stereocenters. The van der Waals surface area contributed by atoms with Crippen molar-refractivity contribution in [3.8, 4) is 0 Å². The van der Waals surface area contributed by atoms with Crippen LogP contribution < -0.4 is 5.73 Å². The number of carbonyl (C=O) groups excluding carboxylic acids is 1. The van der Waals surface area contributed by atoms with E-state index >= 15 is 0 Å². The number of thioether (sulfide) groups is 1. The van der Waals surface area contributed by atoms with E-state index in [0.29, 0.717) is 10.0 Å². The predicted octanol–water partition coefficient (Wildman–Crippen LogP) is 2.57. The average Bonchev–Trinajstić information content (AvgIpc) is 2.07. The summed E-state index contributed by atoms with van der Waals surface area (Å²) in [7, 11) is 0. The minimum atomic E-state index is -0.351. The second-order valence-corrected chi connectivity index (χ2v) is 4.19. The molecule has 2 N–H and O–H groups in total. The summed E-state index contributed by atoms with van der Waals surface area (Å²) in [5.41, 5.74) is 4.99. The second-order valence-electron chi connectivity index (χ2n) is 2.33. The normalized spacial score (nSPS) is 10.0. The van der Waals surface area contributed by atoms with E-state index in [9.17, 15) is 4.79 Å². The summed E-state index contributed by atoms with van der Waals surface area (Å²) < 4.78 is 0. The van der Waals surface area contributed by atoms with Crippen LogP contribution in [0.4, 0.5) is 0 Å². The molecule has 0 unspecified atom stereocenters. The third-order valence-electron chi connectivity index (χ3n) is 1.27. The SMILES string of the molecule is NC(=O)CSc1ccc(Cl)c(Cl)c1. The van der Waals surface area contributed by atoms with Gasteiger partial charge in [-0.15, -0.1) is 11.8 Å². The van der Waals surface area contributed by atoms with Gasteiger partial charge in [-0.05, 0) is 18.2 Å². The first-order valence-corrected chi connectivity index (χ1v) is 5.20. The van der Waals surface area contributed by atoms with Gasteiger partial charge >= 0.3 is 0 Å². The van der Waals surface area contributed by atoms with Gasteiger partial charge in [0.25, 0.3) is 0 Å². The molecular weight excluding hydrogens is 229 g/mol. The standard InChI is InChI=1S/C8H7Cl2NOS/c9-6-2-1-5(3-7(6)10)13-4-8(11)12/h1-3H,4H2,(H2,11,12). The van der Waals surface area contributed by atoms with Crippen molar-refractivity contribution in [3.05, 3.63) is 28.2 Å². The Labute approximate surface area is 90.4 Å². The lowest BCUT2D eigenvalue weighted by molar-refractivity contribution is -0.115. The molecule has 0 heterocycles. The highest BCUT2D eigenvalue weighted by molar-refractivity contribution is 8.00. The predicted molar refractivity (Wildman–Crippen MR) is 56.4 cm³/mol. The molecule has 1 amide bonds. The van der Waals surface area contributed by atoms with Crippen molar-refractivity contribution in [2.24, 2.45) is 5.73 Å². The summed E-state index contributed by atoms with van der Waals surface area (Å²) in [5, 5.41) is 0.987. The van der Waals surface area contributed by atoms with E-state index < -0.39 is 0 Å². The van der Waals surface area contributed by atoms with E-state index in [2.05, 4.69) is 0 Å². The van der Waals surface area contributed by atoms with E-state index in [-0.39, 0.29) is 11.7 Å². The Morgan fingerprint density at radius 3 is 2.62 bits per heavy atom. The molecule has 0 aliphatic carbocycles. The van der Waals surface area contributed by atoms with Crippen LogP contribution in [0.3, 0.4) is 0 Å². The highest BCUT2D eigenvalue weighted by atomic mass is 35.5. The van der Waals surface area contributed by atoms with Crippen LogP contribution in [0.15, 0.2) is 23.1 Å². The Balaban J connectivity index is 2.68. The van der Waals surface area contributed by atoms with Gasteiger partial charge in [-0.2, -0.15) is 0 Å². The van der Waals surface area contributed by atoms with Crippen molar-refractivity contribution < 1.29 is 4.79 Å². The largest absolute Gasteiger partial charge is 0.369 e. The number of carbonyl (C=O) groups is 1. The fourth-order valence-electron chi connectivity index (χ4n) is 0.721. The van der Waals surface area contributed by atoms with Crippen molar-refractivity contribution in [1.82, 2.24) is 0 Å². The molecular formula is C8H7Cl2NOS. The quantitative estimate of drug-likeness (QED) is 0.819. The van der Waals surface area contributed by atoms with Crippen LogP contribution in [-0.4, -0.2) is 11.7 Å². The first kappa shape index (κ1) is 10.7. The van der Waals surface area contributed by atoms with Crippen molar-refractivity contribution in [2.75, 3.05) is 5.75 Å². The molecule has 0 aliphatic rings. The van der Waals surface area contributed by atoms with Crippen LogP contribution in [0.2, 0.25) is 10.0 Å². The van der Waals surface area contributed by atoms with Crippen molar-refractivity contribution in [2.45, 2.75) is 4.90 Å². The van der Waals surface area contributed by atoms with Crippen LogP contribution in [0, 0.1) is 0 Å². The molecule has 0 aliphatic heterocycles. The number of benzene rings is 1. The van der Waals surface area contributed by atoms with Gasteiger partial charge in [0.2, 0.25) is 5.91 Å². The van der Waals surface area contributed by atoms with Gasteiger partial charge in [-0.3, -0.25) is 4.79 Å². The van der Waals surface area contributed by atoms with Crippen molar-refractivity contribution in [1.29, 1.82) is 0 Å². The monoisotopic (exact) mass is 235 g/mol. The van der Waals surface area contributed by atoms with E-state index in [1.807, 2.05) is 0 Å². The maximum absolute atomic E-state index is 10.5. The molecule has 0 aromatic heterocycles. The molecule has 1 aromatic carbocycles. The number of primary amides is 1. The van der Waals surface area contributed by atoms with Gasteiger partial charge in [0.05, 0.1) is 15.8 Å². The van der Waals surface area contributed by atoms with Gasteiger partial charge in [-0.25, -0.2) is 0 Å². The molecule has 5 heteroatoms. The first-order valence-electron chi connectivity index (χ1n) is 3.46. The first-order chi connectivity index (χ1) is 6.09. The minimum absolute atomic E-state index is 0.248. The summed E-state index contributed by atoms with van der Waals surface area (Å²) in [4.78, 5) is 11.3. The number of amides is 1. The van der Waals surface area contributed by atoms with Gasteiger partial charge < -0.3 is 5.73 Å². The maximum Gasteiger partial charge on any atom is 0.227 e. The number of hydrogen-bond acceptors (Lipinski definition) is 2. The molecule has 2 nitrogen and oxygen atoms in total. The molecule has 1 rings (SSSR count). The average molecular weight is 236 g/mol. The van der Waals surface area contributed by atoms with Crippen LogP contribution in [0.1, 0.15) is 0 Å². The molecule has 0 radical (unpaired) electrons. The molecule has 0 saturated heterocycles. The fraction of sp³-hybridized carbons (Fsp3) is 0.125. The smallest absolute Gasteiger partial charge is 0.227 e. The van der Waals surface area contributed by atoms with Crippen molar-refractivity contribution >= 4 is 40.9 Å². The van der Waals surface area contributed by atoms with Crippen LogP contribution in [-0.2, 0) is 4.79 Å². The Morgan fingerprint density at radius 1 is 1.38 bits per heavy atom. The third-order valence-corrected chi connectivity index (χ3v) is 3.03. The number of hydrogen-bond donors (Lipinski definition) is 1. The van der Waals surface area contributed by atoms with E-state index in [1.54, 1.807) is 18.2 Å². The lowest BCUT2D eigenvalue weighted by Gasteiger charge is -2.00. The summed E-state index contributed by atoms with van der Waals surface area (Å²) in [6, 6.07) is 5.19. The summed E-state index contributed by atoms with van der Waals surface area (Å²) in [6.07, 6.45) is 0. The summed E-state index contributed by atoms with van der Waals surface area (Å²) >= 11 is 12.8. The number of halogens is 2. The van der Waals surface area contributed by atoms with E-state index in [1.165, 1.54) is 11.8 Å². The van der Waals surface area contributed by atoms with Crippen LogP contribution in [0.25, 0.3) is 0 Å². The highest BCUT2D eigenvalue weighted by Crippen LogP contribution is 2.27. The molecule has 0 bridgehead atoms. The number of rotatable bonds is 3. The summed E-state index contributed by atoms with van der Waals surface area (Å²) in [5.74, 6) is -0.103. The Kier molecular flexibility index (Phi) is 3.90. The highest BCUT2D eigenvalue weighted by Gasteiger charge is 2.01. The summed E-state index contributed by atoms with van der Waals surface area (Å²) in [6.45, 7) is 0. The Hall–Kier alpha value is -0.380. The molecule has 0 saturated carbocycles. The topological polar surface area (TPSA) is 43.1 Å². The molecule has 70 valence electrons. The Morgan fingerprint density at radius 2 is 2.08 bits per heavy atom. The van der Waals surface area contributed by atoms with Crippen LogP contribution >= 0.6 is 35.0 Å². The van der Waals surface area contributed by atoms with Gasteiger partial charge in [-0.1, -0.05) is 23.2 Å². The molecule has 13 heavy (non-hydrogen) atoms. The van der Waals surface area contributed by atoms with Crippen LogP contribution in [0.5, 0.6) is 0 Å². The lowest BCUT2D eigenvalue weighted by atomic mass is 10.4. The maximum atomic E-state index is 10.5. The lowest BCUT2D eigenvalue weighted by Crippen LogP contribution is -2.12. The Bertz CT molecular complexity index is 330.